The van der Waals surface area contributed by atoms with Gasteiger partial charge in [-0.2, -0.15) is 0 Å². The van der Waals surface area contributed by atoms with Gasteiger partial charge in [0.1, 0.15) is 0 Å². The Labute approximate surface area is 322 Å². The molecule has 0 bridgehead atoms. The third-order valence-corrected chi connectivity index (χ3v) is 11.6. The van der Waals surface area contributed by atoms with Crippen molar-refractivity contribution in [2.75, 3.05) is 0 Å². The van der Waals surface area contributed by atoms with E-state index in [1.54, 1.807) is 0 Å². The quantitative estimate of drug-likeness (QED) is 0.169. The first-order valence-electron chi connectivity index (χ1n) is 19.2. The fourth-order valence-electron chi connectivity index (χ4n) is 8.99. The highest BCUT2D eigenvalue weighted by Crippen LogP contribution is 2.38. The summed E-state index contributed by atoms with van der Waals surface area (Å²) in [6.07, 6.45) is 4.35. The number of nitrogens with zero attached hydrogens (tertiary/aromatic N) is 4. The van der Waals surface area contributed by atoms with Gasteiger partial charge in [-0.3, -0.25) is 0 Å². The van der Waals surface area contributed by atoms with E-state index in [9.17, 15) is 0 Å². The molecule has 0 spiro atoms. The first-order chi connectivity index (χ1) is 27.8. The van der Waals surface area contributed by atoms with E-state index in [0.717, 1.165) is 22.7 Å². The summed E-state index contributed by atoms with van der Waals surface area (Å²) >= 11 is 0. The highest BCUT2D eigenvalue weighted by molar-refractivity contribution is 6.14. The molecule has 4 heterocycles. The Balaban J connectivity index is 0.946. The van der Waals surface area contributed by atoms with Crippen molar-refractivity contribution in [1.29, 1.82) is 0 Å². The molecule has 262 valence electrons. The molecule has 0 radical (unpaired) electrons. The van der Waals surface area contributed by atoms with Crippen LogP contribution in [0.25, 0.3) is 99.3 Å². The van der Waals surface area contributed by atoms with E-state index in [1.165, 1.54) is 76.5 Å². The van der Waals surface area contributed by atoms with Gasteiger partial charge in [0, 0.05) is 67.5 Å². The molecule has 0 saturated carbocycles. The monoisotopic (exact) mass is 714 g/mol. The van der Waals surface area contributed by atoms with Crippen molar-refractivity contribution in [3.8, 4) is 33.9 Å². The zero-order chi connectivity index (χ0) is 36.7. The molecule has 0 aliphatic rings. The van der Waals surface area contributed by atoms with Crippen LogP contribution in [0.5, 0.6) is 0 Å². The van der Waals surface area contributed by atoms with Gasteiger partial charge >= 0.3 is 0 Å². The van der Waals surface area contributed by atoms with Crippen molar-refractivity contribution in [3.63, 3.8) is 0 Å². The second-order valence-electron chi connectivity index (χ2n) is 14.7. The molecule has 0 N–H and O–H groups in total. The SMILES string of the molecule is c1ccc(-n2ccc3cc4c5ccccc5n(-c5ccc(-c6ccc(-n7c8ccccc8c8cc9ccn(-c%10ccccc%10)c9cc87)cc6)cc5)c4cc32)cc1. The lowest BCUT2D eigenvalue weighted by atomic mass is 10.0. The van der Waals surface area contributed by atoms with Crippen LogP contribution >= 0.6 is 0 Å². The second-order valence-corrected chi connectivity index (χ2v) is 14.7. The van der Waals surface area contributed by atoms with Gasteiger partial charge in [0.05, 0.1) is 33.1 Å². The molecule has 56 heavy (non-hydrogen) atoms. The first kappa shape index (κ1) is 30.9. The molecule has 0 amide bonds. The van der Waals surface area contributed by atoms with Crippen LogP contribution in [-0.4, -0.2) is 18.3 Å². The zero-order valence-corrected chi connectivity index (χ0v) is 30.4. The minimum atomic E-state index is 1.14. The molecule has 0 saturated heterocycles. The second kappa shape index (κ2) is 12.0. The van der Waals surface area contributed by atoms with Crippen LogP contribution in [0.15, 0.2) is 207 Å². The van der Waals surface area contributed by atoms with Gasteiger partial charge in [-0.25, -0.2) is 0 Å². The maximum absolute atomic E-state index is 2.41. The van der Waals surface area contributed by atoms with Crippen LogP contribution < -0.4 is 0 Å². The van der Waals surface area contributed by atoms with Crippen molar-refractivity contribution >= 4 is 65.4 Å². The van der Waals surface area contributed by atoms with E-state index >= 15 is 0 Å². The number of aromatic nitrogens is 4. The lowest BCUT2D eigenvalue weighted by molar-refractivity contribution is 1.12. The summed E-state index contributed by atoms with van der Waals surface area (Å²) in [5, 5.41) is 7.51. The van der Waals surface area contributed by atoms with Crippen LogP contribution in [0.1, 0.15) is 0 Å². The van der Waals surface area contributed by atoms with Crippen LogP contribution in [-0.2, 0) is 0 Å². The highest BCUT2D eigenvalue weighted by atomic mass is 15.0. The van der Waals surface area contributed by atoms with E-state index in [0.29, 0.717) is 0 Å². The fourth-order valence-corrected chi connectivity index (χ4v) is 8.99. The highest BCUT2D eigenvalue weighted by Gasteiger charge is 2.17. The normalized spacial score (nSPS) is 11.9. The maximum atomic E-state index is 2.41. The molecule has 0 aliphatic carbocycles. The molecule has 4 nitrogen and oxygen atoms in total. The Kier molecular flexibility index (Phi) is 6.60. The predicted molar refractivity (Wildman–Crippen MR) is 234 cm³/mol. The Bertz CT molecular complexity index is 3200. The Morgan fingerprint density at radius 2 is 0.643 bits per heavy atom. The molecule has 0 unspecified atom stereocenters. The van der Waals surface area contributed by atoms with Crippen molar-refractivity contribution in [2.45, 2.75) is 0 Å². The minimum Gasteiger partial charge on any atom is -0.316 e. The molecule has 4 heteroatoms. The standard InChI is InChI=1S/C52H34N4/c1-3-11-39(12-4-1)53-29-27-37-31-45-43-15-7-9-17-47(43)55(51(45)33-49(37)53)41-23-19-35(20-24-41)36-21-25-42(26-22-36)56-48-18-10-8-16-44(48)46-32-38-28-30-54(50(38)34-52(46)56)40-13-5-2-6-14-40/h1-34H. The van der Waals surface area contributed by atoms with Crippen molar-refractivity contribution in [2.24, 2.45) is 0 Å². The number of hydrogen-bond donors (Lipinski definition) is 0. The Morgan fingerprint density at radius 3 is 1.07 bits per heavy atom. The summed E-state index contributed by atoms with van der Waals surface area (Å²) < 4.78 is 9.39. The van der Waals surface area contributed by atoms with Gasteiger partial charge in [0.2, 0.25) is 0 Å². The topological polar surface area (TPSA) is 19.7 Å². The molecule has 0 aliphatic heterocycles. The van der Waals surface area contributed by atoms with Gasteiger partial charge < -0.3 is 18.3 Å². The van der Waals surface area contributed by atoms with Crippen LogP contribution in [0.2, 0.25) is 0 Å². The largest absolute Gasteiger partial charge is 0.316 e. The maximum Gasteiger partial charge on any atom is 0.0562 e. The average Bonchev–Trinajstić information content (AvgIpc) is 4.03. The summed E-state index contributed by atoms with van der Waals surface area (Å²) in [6, 6.07) is 70.6. The zero-order valence-electron chi connectivity index (χ0n) is 30.4. The number of rotatable bonds is 5. The molecule has 4 aromatic heterocycles. The van der Waals surface area contributed by atoms with Crippen molar-refractivity contribution < 1.29 is 0 Å². The minimum absolute atomic E-state index is 1.14. The molecule has 8 aromatic carbocycles. The Morgan fingerprint density at radius 1 is 0.250 bits per heavy atom. The lowest BCUT2D eigenvalue weighted by Crippen LogP contribution is -1.96. The number of benzene rings is 8. The number of hydrogen-bond acceptors (Lipinski definition) is 0. The Hall–Kier alpha value is -7.56. The lowest BCUT2D eigenvalue weighted by Gasteiger charge is -2.12. The summed E-state index contributed by atoms with van der Waals surface area (Å²) in [5.74, 6) is 0. The third kappa shape index (κ3) is 4.60. The van der Waals surface area contributed by atoms with Crippen molar-refractivity contribution in [3.05, 3.63) is 207 Å². The summed E-state index contributed by atoms with van der Waals surface area (Å²) in [6.45, 7) is 0. The molecular weight excluding hydrogens is 681 g/mol. The van der Waals surface area contributed by atoms with E-state index in [-0.39, 0.29) is 0 Å². The molecule has 0 atom stereocenters. The van der Waals surface area contributed by atoms with Gasteiger partial charge in [-0.15, -0.1) is 0 Å². The van der Waals surface area contributed by atoms with Gasteiger partial charge in [0.15, 0.2) is 0 Å². The van der Waals surface area contributed by atoms with E-state index in [2.05, 4.69) is 225 Å². The van der Waals surface area contributed by atoms with E-state index in [4.69, 9.17) is 0 Å². The summed E-state index contributed by atoms with van der Waals surface area (Å²) in [5.41, 5.74) is 14.2. The molecule has 12 rings (SSSR count). The average molecular weight is 715 g/mol. The summed E-state index contributed by atoms with van der Waals surface area (Å²) in [4.78, 5) is 0. The number of para-hydroxylation sites is 4. The molecule has 0 fully saturated rings. The van der Waals surface area contributed by atoms with Crippen LogP contribution in [0, 0.1) is 0 Å². The van der Waals surface area contributed by atoms with Gasteiger partial charge in [0.25, 0.3) is 0 Å². The fraction of sp³-hybridized carbons (Fsp3) is 0. The van der Waals surface area contributed by atoms with Gasteiger partial charge in [-0.1, -0.05) is 97.1 Å². The molecular formula is C52H34N4. The van der Waals surface area contributed by atoms with Crippen LogP contribution in [0.4, 0.5) is 0 Å². The first-order valence-corrected chi connectivity index (χ1v) is 19.2. The third-order valence-electron chi connectivity index (χ3n) is 11.6. The van der Waals surface area contributed by atoms with E-state index in [1.807, 2.05) is 0 Å². The van der Waals surface area contributed by atoms with Gasteiger partial charge in [-0.05, 0) is 108 Å². The smallest absolute Gasteiger partial charge is 0.0562 e. The molecule has 12 aromatic rings. The predicted octanol–water partition coefficient (Wildman–Crippen LogP) is 13.4. The van der Waals surface area contributed by atoms with Crippen molar-refractivity contribution in [1.82, 2.24) is 18.3 Å². The number of fused-ring (bicyclic) bond motifs is 8. The van der Waals surface area contributed by atoms with Crippen LogP contribution in [0.3, 0.4) is 0 Å². The van der Waals surface area contributed by atoms with E-state index < -0.39 is 0 Å². The summed E-state index contributed by atoms with van der Waals surface area (Å²) in [7, 11) is 0.